The van der Waals surface area contributed by atoms with Crippen LogP contribution in [0.4, 0.5) is 0 Å². The molecule has 4 rings (SSSR count). The molecule has 0 fully saturated rings. The van der Waals surface area contributed by atoms with Crippen LogP contribution in [0.25, 0.3) is 11.1 Å². The van der Waals surface area contributed by atoms with Crippen molar-refractivity contribution in [1.82, 2.24) is 0 Å². The van der Waals surface area contributed by atoms with Gasteiger partial charge in [-0.15, -0.1) is 0 Å². The van der Waals surface area contributed by atoms with Crippen LogP contribution in [0.5, 0.6) is 5.75 Å². The first-order chi connectivity index (χ1) is 12.1. The number of ketones is 1. The van der Waals surface area contributed by atoms with E-state index in [-0.39, 0.29) is 16.5 Å². The van der Waals surface area contributed by atoms with Crippen LogP contribution >= 0.6 is 31.9 Å². The van der Waals surface area contributed by atoms with E-state index in [0.717, 1.165) is 47.1 Å². The Balaban J connectivity index is 1.81. The van der Waals surface area contributed by atoms with Crippen LogP contribution in [0.15, 0.2) is 30.3 Å². The molecule has 0 N–H and O–H groups in total. The third kappa shape index (κ3) is 2.87. The van der Waals surface area contributed by atoms with Crippen molar-refractivity contribution in [3.63, 3.8) is 0 Å². The number of carbonyl (C=O) groups excluding carboxylic acids is 2. The van der Waals surface area contributed by atoms with Crippen LogP contribution in [0, 0.1) is 0 Å². The fourth-order valence-electron chi connectivity index (χ4n) is 3.71. The van der Waals surface area contributed by atoms with Gasteiger partial charge in [-0.1, -0.05) is 44.0 Å². The third-order valence-electron chi connectivity index (χ3n) is 5.05. The monoisotopic (exact) mass is 462 g/mol. The molecule has 2 atom stereocenters. The van der Waals surface area contributed by atoms with Crippen LogP contribution in [-0.4, -0.2) is 22.2 Å². The average molecular weight is 464 g/mol. The number of carbonyl (C=O) groups is 2. The standard InChI is InChI=1S/C20H16Br2O3/c21-8-19(24)12-1-3-14-13(5-12)10-25-20-7-15-11(6-16(14)20)2-4-18(22)17(15)9-23/h1,3,5-7,9,17-18H,2,4,8,10H2. The maximum Gasteiger partial charge on any atom is 0.173 e. The molecule has 0 amide bonds. The van der Waals surface area contributed by atoms with E-state index in [1.165, 1.54) is 5.56 Å². The molecule has 5 heteroatoms. The number of aryl methyl sites for hydroxylation is 1. The van der Waals surface area contributed by atoms with E-state index in [4.69, 9.17) is 4.74 Å². The molecule has 25 heavy (non-hydrogen) atoms. The molecule has 1 aliphatic carbocycles. The first-order valence-electron chi connectivity index (χ1n) is 8.24. The number of alkyl halides is 2. The minimum Gasteiger partial charge on any atom is -0.488 e. The Morgan fingerprint density at radius 3 is 2.80 bits per heavy atom. The van der Waals surface area contributed by atoms with Gasteiger partial charge in [0.15, 0.2) is 5.78 Å². The lowest BCUT2D eigenvalue weighted by molar-refractivity contribution is -0.109. The Hall–Kier alpha value is -1.46. The number of rotatable bonds is 3. The van der Waals surface area contributed by atoms with Crippen molar-refractivity contribution >= 4 is 43.9 Å². The maximum absolute atomic E-state index is 11.9. The van der Waals surface area contributed by atoms with E-state index in [0.29, 0.717) is 17.5 Å². The number of aldehydes is 1. The van der Waals surface area contributed by atoms with E-state index in [9.17, 15) is 9.59 Å². The minimum atomic E-state index is -0.127. The van der Waals surface area contributed by atoms with Crippen molar-refractivity contribution in [3.8, 4) is 16.9 Å². The Bertz CT molecular complexity index is 875. The van der Waals surface area contributed by atoms with Crippen molar-refractivity contribution in [2.45, 2.75) is 30.2 Å². The number of hydrogen-bond donors (Lipinski definition) is 0. The zero-order valence-electron chi connectivity index (χ0n) is 13.4. The largest absolute Gasteiger partial charge is 0.488 e. The SMILES string of the molecule is O=CC1c2cc3c(cc2CCC1Br)-c1ccc(C(=O)CBr)cc1CO3. The van der Waals surface area contributed by atoms with Gasteiger partial charge in [-0.2, -0.15) is 0 Å². The van der Waals surface area contributed by atoms with Crippen molar-refractivity contribution < 1.29 is 14.3 Å². The summed E-state index contributed by atoms with van der Waals surface area (Å²) in [5, 5.41) is 0.317. The van der Waals surface area contributed by atoms with Crippen molar-refractivity contribution in [3.05, 3.63) is 52.6 Å². The van der Waals surface area contributed by atoms with Crippen molar-refractivity contribution in [1.29, 1.82) is 0 Å². The summed E-state index contributed by atoms with van der Waals surface area (Å²) in [7, 11) is 0. The van der Waals surface area contributed by atoms with Gasteiger partial charge in [0.2, 0.25) is 0 Å². The molecule has 0 saturated heterocycles. The van der Waals surface area contributed by atoms with Crippen molar-refractivity contribution in [2.24, 2.45) is 0 Å². The summed E-state index contributed by atoms with van der Waals surface area (Å²) in [6, 6.07) is 9.98. The lowest BCUT2D eigenvalue weighted by Gasteiger charge is -2.30. The predicted molar refractivity (Wildman–Crippen MR) is 104 cm³/mol. The number of benzene rings is 2. The maximum atomic E-state index is 11.9. The molecule has 0 spiro atoms. The first kappa shape index (κ1) is 17.0. The molecule has 2 aromatic rings. The molecule has 2 aromatic carbocycles. The van der Waals surface area contributed by atoms with E-state index < -0.39 is 0 Å². The molecule has 0 bridgehead atoms. The van der Waals surface area contributed by atoms with Crippen molar-refractivity contribution in [2.75, 3.05) is 5.33 Å². The predicted octanol–water partition coefficient (Wildman–Crippen LogP) is 4.82. The van der Waals surface area contributed by atoms with Gasteiger partial charge in [0.25, 0.3) is 0 Å². The summed E-state index contributed by atoms with van der Waals surface area (Å²) in [5.74, 6) is 0.758. The molecular weight excluding hydrogens is 448 g/mol. The molecule has 0 radical (unpaired) electrons. The second-order valence-electron chi connectivity index (χ2n) is 6.48. The Kier molecular flexibility index (Phi) is 4.54. The summed E-state index contributed by atoms with van der Waals surface area (Å²) in [6.45, 7) is 0.439. The van der Waals surface area contributed by atoms with Gasteiger partial charge < -0.3 is 9.53 Å². The third-order valence-corrected chi connectivity index (χ3v) is 6.58. The average Bonchev–Trinajstić information content (AvgIpc) is 2.65. The van der Waals surface area contributed by atoms with E-state index in [1.54, 1.807) is 0 Å². The smallest absolute Gasteiger partial charge is 0.173 e. The summed E-state index contributed by atoms with van der Waals surface area (Å²) in [5.41, 5.74) is 6.17. The highest BCUT2D eigenvalue weighted by molar-refractivity contribution is 9.09. The highest BCUT2D eigenvalue weighted by Crippen LogP contribution is 2.44. The second kappa shape index (κ2) is 6.69. The lowest BCUT2D eigenvalue weighted by Crippen LogP contribution is -2.22. The summed E-state index contributed by atoms with van der Waals surface area (Å²) < 4.78 is 5.96. The first-order valence-corrected chi connectivity index (χ1v) is 10.3. The molecular formula is C20H16Br2O3. The molecule has 0 saturated carbocycles. The zero-order chi connectivity index (χ0) is 17.6. The van der Waals surface area contributed by atoms with Gasteiger partial charge in [0, 0.05) is 16.0 Å². The summed E-state index contributed by atoms with van der Waals surface area (Å²) in [6.07, 6.45) is 2.92. The highest BCUT2D eigenvalue weighted by Gasteiger charge is 2.30. The quantitative estimate of drug-likeness (QED) is 0.372. The molecule has 1 heterocycles. The Morgan fingerprint density at radius 1 is 1.20 bits per heavy atom. The molecule has 2 unspecified atom stereocenters. The van der Waals surface area contributed by atoms with Crippen LogP contribution in [-0.2, 0) is 17.8 Å². The fraction of sp³-hybridized carbons (Fsp3) is 0.300. The highest BCUT2D eigenvalue weighted by atomic mass is 79.9. The van der Waals surface area contributed by atoms with Gasteiger partial charge >= 0.3 is 0 Å². The van der Waals surface area contributed by atoms with Crippen LogP contribution in [0.2, 0.25) is 0 Å². The minimum absolute atomic E-state index is 0.0659. The fourth-order valence-corrected chi connectivity index (χ4v) is 4.67. The molecule has 0 aromatic heterocycles. The van der Waals surface area contributed by atoms with Gasteiger partial charge in [0.05, 0.1) is 11.2 Å². The second-order valence-corrected chi connectivity index (χ2v) is 8.22. The van der Waals surface area contributed by atoms with Gasteiger partial charge in [-0.25, -0.2) is 0 Å². The topological polar surface area (TPSA) is 43.4 Å². The lowest BCUT2D eigenvalue weighted by atomic mass is 9.81. The van der Waals surface area contributed by atoms with Crippen LogP contribution < -0.4 is 4.74 Å². The number of ether oxygens (including phenoxy) is 1. The Labute approximate surface area is 163 Å². The van der Waals surface area contributed by atoms with E-state index in [1.807, 2.05) is 24.3 Å². The zero-order valence-corrected chi connectivity index (χ0v) is 16.6. The summed E-state index contributed by atoms with van der Waals surface area (Å²) >= 11 is 6.85. The molecule has 1 aliphatic heterocycles. The van der Waals surface area contributed by atoms with Crippen LogP contribution in [0.1, 0.15) is 39.4 Å². The number of hydrogen-bond acceptors (Lipinski definition) is 3. The number of Topliss-reactive ketones (excluding diaryl/α,β-unsaturated/α-hetero) is 1. The molecule has 2 aliphatic rings. The van der Waals surface area contributed by atoms with E-state index >= 15 is 0 Å². The van der Waals surface area contributed by atoms with Gasteiger partial charge in [0.1, 0.15) is 18.6 Å². The number of fused-ring (bicyclic) bond motifs is 4. The van der Waals surface area contributed by atoms with Gasteiger partial charge in [-0.05, 0) is 53.3 Å². The van der Waals surface area contributed by atoms with E-state index in [2.05, 4.69) is 37.9 Å². The summed E-state index contributed by atoms with van der Waals surface area (Å²) in [4.78, 5) is 23.6. The van der Waals surface area contributed by atoms with Gasteiger partial charge in [-0.3, -0.25) is 4.79 Å². The van der Waals surface area contributed by atoms with Crippen LogP contribution in [0.3, 0.4) is 0 Å². The molecule has 128 valence electrons. The number of halogens is 2. The molecule has 3 nitrogen and oxygen atoms in total. The normalized spacial score (nSPS) is 20.7. The Morgan fingerprint density at radius 2 is 2.04 bits per heavy atom.